The first kappa shape index (κ1) is 21.9. The number of Topliss-reactive ketones (excluding diaryl/α,β-unsaturated/α-hetero) is 1. The molecule has 3 N–H and O–H groups in total. The Kier molecular flexibility index (Phi) is 7.45. The highest BCUT2D eigenvalue weighted by Crippen LogP contribution is 2.48. The summed E-state index contributed by atoms with van der Waals surface area (Å²) in [6, 6.07) is 0. The van der Waals surface area contributed by atoms with Crippen molar-refractivity contribution in [2.24, 2.45) is 23.7 Å². The smallest absolute Gasteiger partial charge is 0.169 e. The maximum absolute atomic E-state index is 12.6. The molecule has 1 rings (SSSR count). The molecule has 0 radical (unpaired) electrons. The molecule has 0 heterocycles. The molecule has 4 nitrogen and oxygen atoms in total. The van der Waals surface area contributed by atoms with Crippen molar-refractivity contribution in [3.8, 4) is 0 Å². The molecule has 0 saturated heterocycles. The van der Waals surface area contributed by atoms with E-state index in [4.69, 9.17) is 0 Å². The van der Waals surface area contributed by atoms with E-state index in [2.05, 4.69) is 20.4 Å². The number of rotatable bonds is 9. The van der Waals surface area contributed by atoms with E-state index in [1.165, 1.54) is 0 Å². The number of hydrogen-bond acceptors (Lipinski definition) is 4. The van der Waals surface area contributed by atoms with Gasteiger partial charge in [-0.15, -0.1) is 0 Å². The highest BCUT2D eigenvalue weighted by Gasteiger charge is 2.55. The zero-order valence-electron chi connectivity index (χ0n) is 16.7. The normalized spacial score (nSPS) is 25.6. The first-order valence-corrected chi connectivity index (χ1v) is 9.51. The summed E-state index contributed by atoms with van der Waals surface area (Å²) in [5.74, 6) is -0.675. The summed E-state index contributed by atoms with van der Waals surface area (Å²) in [4.78, 5) is 12.6. The first-order valence-electron chi connectivity index (χ1n) is 9.51. The van der Waals surface area contributed by atoms with Gasteiger partial charge in [-0.2, -0.15) is 0 Å². The number of aliphatic hydroxyl groups is 3. The van der Waals surface area contributed by atoms with Crippen molar-refractivity contribution in [3.63, 3.8) is 0 Å². The van der Waals surface area contributed by atoms with Crippen LogP contribution in [0.4, 0.5) is 0 Å². The molecule has 0 spiro atoms. The Balaban J connectivity index is 3.27. The van der Waals surface area contributed by atoms with Crippen molar-refractivity contribution in [1.82, 2.24) is 0 Å². The molecule has 1 aliphatic rings. The second-order valence-corrected chi connectivity index (χ2v) is 8.60. The largest absolute Gasteiger partial charge is 0.508 e. The monoisotopic (exact) mass is 352 g/mol. The third kappa shape index (κ3) is 4.53. The lowest BCUT2D eigenvalue weighted by atomic mass is 9.77. The SMILES string of the molecule is C=C1C(C(=O)C(C)C)=C(O)[C@@](O)(C(O)CCC(C)C)C1CCC(C)C. The summed E-state index contributed by atoms with van der Waals surface area (Å²) >= 11 is 0. The molecule has 0 amide bonds. The third-order valence-electron chi connectivity index (χ3n) is 5.22. The highest BCUT2D eigenvalue weighted by molar-refractivity contribution is 6.02. The molecule has 0 aliphatic heterocycles. The number of ketones is 1. The van der Waals surface area contributed by atoms with Gasteiger partial charge in [-0.25, -0.2) is 0 Å². The fourth-order valence-electron chi connectivity index (χ4n) is 3.52. The summed E-state index contributed by atoms with van der Waals surface area (Å²) in [5.41, 5.74) is -1.24. The molecule has 0 fully saturated rings. The quantitative estimate of drug-likeness (QED) is 0.582. The van der Waals surface area contributed by atoms with Crippen LogP contribution in [0.25, 0.3) is 0 Å². The van der Waals surface area contributed by atoms with E-state index in [-0.39, 0.29) is 23.0 Å². The van der Waals surface area contributed by atoms with Crippen LogP contribution >= 0.6 is 0 Å². The van der Waals surface area contributed by atoms with Crippen molar-refractivity contribution in [2.45, 2.75) is 78.9 Å². The Hall–Kier alpha value is -1.13. The molecule has 1 aliphatic carbocycles. The second-order valence-electron chi connectivity index (χ2n) is 8.60. The first-order chi connectivity index (χ1) is 11.4. The van der Waals surface area contributed by atoms with Crippen molar-refractivity contribution < 1.29 is 20.1 Å². The van der Waals surface area contributed by atoms with Gasteiger partial charge >= 0.3 is 0 Å². The average molecular weight is 353 g/mol. The molecular weight excluding hydrogens is 316 g/mol. The lowest BCUT2D eigenvalue weighted by Gasteiger charge is -2.36. The fraction of sp³-hybridized carbons (Fsp3) is 0.762. The van der Waals surface area contributed by atoms with E-state index in [0.717, 1.165) is 12.8 Å². The van der Waals surface area contributed by atoms with Crippen LogP contribution in [0.15, 0.2) is 23.5 Å². The van der Waals surface area contributed by atoms with Crippen molar-refractivity contribution in [3.05, 3.63) is 23.5 Å². The van der Waals surface area contributed by atoms with Gasteiger partial charge < -0.3 is 15.3 Å². The van der Waals surface area contributed by atoms with Crippen LogP contribution in [0, 0.1) is 23.7 Å². The molecule has 25 heavy (non-hydrogen) atoms. The molecule has 144 valence electrons. The van der Waals surface area contributed by atoms with Crippen LogP contribution in [-0.2, 0) is 4.79 Å². The van der Waals surface area contributed by atoms with Crippen LogP contribution < -0.4 is 0 Å². The molecular formula is C21H36O4. The fourth-order valence-corrected chi connectivity index (χ4v) is 3.52. The predicted molar refractivity (Wildman–Crippen MR) is 101 cm³/mol. The van der Waals surface area contributed by atoms with Gasteiger partial charge in [-0.05, 0) is 36.7 Å². The number of allylic oxidation sites excluding steroid dienone is 1. The minimum atomic E-state index is -1.82. The lowest BCUT2D eigenvalue weighted by molar-refractivity contribution is -0.118. The number of hydrogen-bond donors (Lipinski definition) is 3. The highest BCUT2D eigenvalue weighted by atomic mass is 16.4. The summed E-state index contributed by atoms with van der Waals surface area (Å²) < 4.78 is 0. The van der Waals surface area contributed by atoms with Crippen LogP contribution in [0.2, 0.25) is 0 Å². The zero-order valence-corrected chi connectivity index (χ0v) is 16.7. The van der Waals surface area contributed by atoms with Gasteiger partial charge in [-0.1, -0.05) is 54.5 Å². The van der Waals surface area contributed by atoms with Crippen LogP contribution in [0.1, 0.15) is 67.2 Å². The van der Waals surface area contributed by atoms with Crippen molar-refractivity contribution in [1.29, 1.82) is 0 Å². The van der Waals surface area contributed by atoms with Gasteiger partial charge in [-0.3, -0.25) is 4.79 Å². The molecule has 2 unspecified atom stereocenters. The summed E-state index contributed by atoms with van der Waals surface area (Å²) in [6.45, 7) is 15.8. The molecule has 4 heteroatoms. The van der Waals surface area contributed by atoms with Crippen molar-refractivity contribution >= 4 is 5.78 Å². The topological polar surface area (TPSA) is 77.8 Å². The number of carbonyl (C=O) groups is 1. The van der Waals surface area contributed by atoms with E-state index < -0.39 is 17.6 Å². The molecule has 0 aromatic rings. The lowest BCUT2D eigenvalue weighted by Crippen LogP contribution is -2.48. The number of carbonyl (C=O) groups excluding carboxylic acids is 1. The maximum atomic E-state index is 12.6. The van der Waals surface area contributed by atoms with Gasteiger partial charge in [0.25, 0.3) is 0 Å². The van der Waals surface area contributed by atoms with Crippen LogP contribution in [0.5, 0.6) is 0 Å². The minimum Gasteiger partial charge on any atom is -0.508 e. The van der Waals surface area contributed by atoms with Crippen LogP contribution in [0.3, 0.4) is 0 Å². The third-order valence-corrected chi connectivity index (χ3v) is 5.22. The maximum Gasteiger partial charge on any atom is 0.169 e. The van der Waals surface area contributed by atoms with Crippen molar-refractivity contribution in [2.75, 3.05) is 0 Å². The molecule has 0 aromatic heterocycles. The molecule has 0 aromatic carbocycles. The van der Waals surface area contributed by atoms with Gasteiger partial charge in [0.05, 0.1) is 11.7 Å². The number of aliphatic hydroxyl groups excluding tert-OH is 2. The Morgan fingerprint density at radius 3 is 2.04 bits per heavy atom. The Labute approximate surface area is 152 Å². The van der Waals surface area contributed by atoms with E-state index in [9.17, 15) is 20.1 Å². The van der Waals surface area contributed by atoms with Gasteiger partial charge in [0.15, 0.2) is 11.4 Å². The Morgan fingerprint density at radius 1 is 1.08 bits per heavy atom. The predicted octanol–water partition coefficient (Wildman–Crippen LogP) is 4.17. The minimum absolute atomic E-state index is 0.120. The van der Waals surface area contributed by atoms with E-state index >= 15 is 0 Å². The molecule has 3 atom stereocenters. The Morgan fingerprint density at radius 2 is 1.60 bits per heavy atom. The van der Waals surface area contributed by atoms with E-state index in [0.29, 0.717) is 30.3 Å². The average Bonchev–Trinajstić information content (AvgIpc) is 2.69. The van der Waals surface area contributed by atoms with E-state index in [1.807, 2.05) is 13.8 Å². The summed E-state index contributed by atoms with van der Waals surface area (Å²) in [6.07, 6.45) is 1.37. The second kappa shape index (κ2) is 8.50. The Bertz CT molecular complexity index is 530. The summed E-state index contributed by atoms with van der Waals surface area (Å²) in [7, 11) is 0. The standard InChI is InChI=1S/C21H36O4/c1-12(2)8-10-16-15(7)18(19(23)14(5)6)20(24)21(16,25)17(22)11-9-13(3)4/h12-14,16-17,22,24-25H,7-11H2,1-6H3/t16?,17?,21-/m0/s1. The summed E-state index contributed by atoms with van der Waals surface area (Å²) in [5, 5.41) is 32.8. The van der Waals surface area contributed by atoms with Gasteiger partial charge in [0.2, 0.25) is 0 Å². The van der Waals surface area contributed by atoms with Crippen LogP contribution in [-0.4, -0.2) is 32.8 Å². The zero-order chi connectivity index (χ0) is 19.5. The molecule has 0 saturated carbocycles. The van der Waals surface area contributed by atoms with Gasteiger partial charge in [0, 0.05) is 11.8 Å². The molecule has 0 bridgehead atoms. The van der Waals surface area contributed by atoms with E-state index in [1.54, 1.807) is 13.8 Å². The van der Waals surface area contributed by atoms with Gasteiger partial charge in [0.1, 0.15) is 5.76 Å².